The minimum atomic E-state index is 0.00510. The quantitative estimate of drug-likeness (QED) is 0.699. The van der Waals surface area contributed by atoms with Crippen LogP contribution in [0.3, 0.4) is 0 Å². The van der Waals surface area contributed by atoms with E-state index in [1.807, 2.05) is 0 Å². The molecule has 0 bridgehead atoms. The van der Waals surface area contributed by atoms with Crippen molar-refractivity contribution in [3.05, 3.63) is 0 Å². The SMILES string of the molecule is CCNC1(CO)CCCC1CCN(CC)C(C)C. The number of hydrogen-bond donors (Lipinski definition) is 2. The first-order valence-electron chi connectivity index (χ1n) is 7.69. The van der Waals surface area contributed by atoms with Crippen LogP contribution in [0.2, 0.25) is 0 Å². The van der Waals surface area contributed by atoms with Gasteiger partial charge < -0.3 is 15.3 Å². The summed E-state index contributed by atoms with van der Waals surface area (Å²) < 4.78 is 0. The van der Waals surface area contributed by atoms with Crippen LogP contribution in [0.25, 0.3) is 0 Å². The number of nitrogens with zero attached hydrogens (tertiary/aromatic N) is 1. The lowest BCUT2D eigenvalue weighted by Crippen LogP contribution is -2.52. The van der Waals surface area contributed by atoms with E-state index in [-0.39, 0.29) is 5.54 Å². The van der Waals surface area contributed by atoms with Gasteiger partial charge in [-0.15, -0.1) is 0 Å². The second-order valence-electron chi connectivity index (χ2n) is 5.94. The Kier molecular flexibility index (Phi) is 6.61. The van der Waals surface area contributed by atoms with Crippen molar-refractivity contribution in [3.63, 3.8) is 0 Å². The van der Waals surface area contributed by atoms with E-state index in [1.165, 1.54) is 19.3 Å². The molecule has 1 rings (SSSR count). The van der Waals surface area contributed by atoms with Crippen molar-refractivity contribution in [1.29, 1.82) is 0 Å². The molecular formula is C15H32N2O. The Morgan fingerprint density at radius 1 is 1.39 bits per heavy atom. The smallest absolute Gasteiger partial charge is 0.0616 e. The molecule has 1 saturated carbocycles. The molecule has 0 amide bonds. The first kappa shape index (κ1) is 15.9. The van der Waals surface area contributed by atoms with E-state index in [0.717, 1.165) is 26.1 Å². The monoisotopic (exact) mass is 256 g/mol. The fraction of sp³-hybridized carbons (Fsp3) is 1.00. The molecule has 1 aliphatic carbocycles. The minimum absolute atomic E-state index is 0.00510. The number of aliphatic hydroxyl groups is 1. The Morgan fingerprint density at radius 3 is 2.61 bits per heavy atom. The molecule has 0 saturated heterocycles. The van der Waals surface area contributed by atoms with Gasteiger partial charge in [0.1, 0.15) is 0 Å². The van der Waals surface area contributed by atoms with Gasteiger partial charge in [0.05, 0.1) is 6.61 Å². The normalized spacial score (nSPS) is 28.5. The van der Waals surface area contributed by atoms with Crippen LogP contribution in [0.4, 0.5) is 0 Å². The lowest BCUT2D eigenvalue weighted by Gasteiger charge is -2.36. The van der Waals surface area contributed by atoms with E-state index >= 15 is 0 Å². The predicted octanol–water partition coefficient (Wildman–Crippen LogP) is 2.25. The Balaban J connectivity index is 2.54. The Labute approximate surface area is 113 Å². The van der Waals surface area contributed by atoms with Crippen LogP contribution >= 0.6 is 0 Å². The largest absolute Gasteiger partial charge is 0.394 e. The van der Waals surface area contributed by atoms with Crippen molar-refractivity contribution >= 4 is 0 Å². The Bertz CT molecular complexity index is 233. The van der Waals surface area contributed by atoms with E-state index in [4.69, 9.17) is 0 Å². The highest BCUT2D eigenvalue weighted by atomic mass is 16.3. The predicted molar refractivity (Wildman–Crippen MR) is 77.8 cm³/mol. The van der Waals surface area contributed by atoms with Crippen molar-refractivity contribution in [1.82, 2.24) is 10.2 Å². The molecule has 0 heterocycles. The van der Waals surface area contributed by atoms with Gasteiger partial charge in [0.15, 0.2) is 0 Å². The molecule has 1 fully saturated rings. The zero-order valence-electron chi connectivity index (χ0n) is 12.7. The Hall–Kier alpha value is -0.120. The van der Waals surface area contributed by atoms with E-state index < -0.39 is 0 Å². The summed E-state index contributed by atoms with van der Waals surface area (Å²) in [7, 11) is 0. The van der Waals surface area contributed by atoms with Crippen LogP contribution < -0.4 is 5.32 Å². The topological polar surface area (TPSA) is 35.5 Å². The summed E-state index contributed by atoms with van der Waals surface area (Å²) >= 11 is 0. The van der Waals surface area contributed by atoms with Crippen LogP contribution in [0, 0.1) is 5.92 Å². The summed E-state index contributed by atoms with van der Waals surface area (Å²) in [5.74, 6) is 0.634. The van der Waals surface area contributed by atoms with E-state index in [0.29, 0.717) is 18.6 Å². The molecule has 0 aromatic carbocycles. The summed E-state index contributed by atoms with van der Waals surface area (Å²) in [6, 6.07) is 0.624. The first-order valence-corrected chi connectivity index (χ1v) is 7.69. The maximum atomic E-state index is 9.77. The maximum absolute atomic E-state index is 9.77. The van der Waals surface area contributed by atoms with Gasteiger partial charge in [-0.1, -0.05) is 20.3 Å². The van der Waals surface area contributed by atoms with E-state index in [9.17, 15) is 5.11 Å². The van der Waals surface area contributed by atoms with Gasteiger partial charge >= 0.3 is 0 Å². The van der Waals surface area contributed by atoms with Gasteiger partial charge in [-0.2, -0.15) is 0 Å². The zero-order valence-corrected chi connectivity index (χ0v) is 12.7. The van der Waals surface area contributed by atoms with Crippen LogP contribution in [-0.2, 0) is 0 Å². The van der Waals surface area contributed by atoms with E-state index in [1.54, 1.807) is 0 Å². The molecule has 0 spiro atoms. The number of aliphatic hydroxyl groups excluding tert-OH is 1. The number of rotatable bonds is 8. The highest BCUT2D eigenvalue weighted by Gasteiger charge is 2.41. The van der Waals surface area contributed by atoms with Gasteiger partial charge in [0, 0.05) is 11.6 Å². The van der Waals surface area contributed by atoms with Crippen molar-refractivity contribution in [2.45, 2.75) is 65.0 Å². The molecule has 108 valence electrons. The highest BCUT2D eigenvalue weighted by molar-refractivity contribution is 4.98. The van der Waals surface area contributed by atoms with Gasteiger partial charge in [0.2, 0.25) is 0 Å². The summed E-state index contributed by atoms with van der Waals surface area (Å²) in [4.78, 5) is 2.52. The van der Waals surface area contributed by atoms with Crippen molar-refractivity contribution in [3.8, 4) is 0 Å². The summed E-state index contributed by atoms with van der Waals surface area (Å²) in [6.45, 7) is 12.4. The second-order valence-corrected chi connectivity index (χ2v) is 5.94. The third kappa shape index (κ3) is 3.69. The first-order chi connectivity index (χ1) is 8.59. The van der Waals surface area contributed by atoms with Crippen molar-refractivity contribution in [2.24, 2.45) is 5.92 Å². The molecule has 0 aromatic heterocycles. The average Bonchev–Trinajstić information content (AvgIpc) is 2.74. The maximum Gasteiger partial charge on any atom is 0.0616 e. The summed E-state index contributed by atoms with van der Waals surface area (Å²) in [5.41, 5.74) is 0.00510. The van der Waals surface area contributed by atoms with Crippen LogP contribution in [0.15, 0.2) is 0 Å². The molecule has 0 aromatic rings. The highest BCUT2D eigenvalue weighted by Crippen LogP contribution is 2.37. The summed E-state index contributed by atoms with van der Waals surface area (Å²) in [5, 5.41) is 13.3. The molecule has 3 heteroatoms. The molecule has 1 aliphatic rings. The Morgan fingerprint density at radius 2 is 2.11 bits per heavy atom. The van der Waals surface area contributed by atoms with E-state index in [2.05, 4.69) is 37.9 Å². The third-order valence-electron chi connectivity index (χ3n) is 4.67. The molecule has 2 atom stereocenters. The standard InChI is InChI=1S/C15H32N2O/c1-5-16-15(12-18)10-7-8-14(15)9-11-17(6-2)13(3)4/h13-14,16,18H,5-12H2,1-4H3. The number of likely N-dealkylation sites (N-methyl/N-ethyl adjacent to an activating group) is 1. The molecule has 2 unspecified atom stereocenters. The fourth-order valence-electron chi connectivity index (χ4n) is 3.52. The van der Waals surface area contributed by atoms with Crippen LogP contribution in [0.5, 0.6) is 0 Å². The van der Waals surface area contributed by atoms with Crippen molar-refractivity contribution in [2.75, 3.05) is 26.2 Å². The van der Waals surface area contributed by atoms with Gasteiger partial charge in [-0.3, -0.25) is 0 Å². The molecule has 3 nitrogen and oxygen atoms in total. The van der Waals surface area contributed by atoms with Gasteiger partial charge in [-0.05, 0) is 58.7 Å². The third-order valence-corrected chi connectivity index (χ3v) is 4.67. The molecule has 0 radical (unpaired) electrons. The lowest BCUT2D eigenvalue weighted by molar-refractivity contribution is 0.109. The second kappa shape index (κ2) is 7.46. The molecule has 0 aliphatic heterocycles. The van der Waals surface area contributed by atoms with Crippen molar-refractivity contribution < 1.29 is 5.11 Å². The number of nitrogens with one attached hydrogen (secondary N) is 1. The van der Waals surface area contributed by atoms with Gasteiger partial charge in [0.25, 0.3) is 0 Å². The van der Waals surface area contributed by atoms with Crippen LogP contribution in [0.1, 0.15) is 53.4 Å². The number of hydrogen-bond acceptors (Lipinski definition) is 3. The molecule has 2 N–H and O–H groups in total. The minimum Gasteiger partial charge on any atom is -0.394 e. The van der Waals surface area contributed by atoms with Crippen LogP contribution in [-0.4, -0.2) is 47.8 Å². The molecular weight excluding hydrogens is 224 g/mol. The van der Waals surface area contributed by atoms with Gasteiger partial charge in [-0.25, -0.2) is 0 Å². The summed E-state index contributed by atoms with van der Waals surface area (Å²) in [6.07, 6.45) is 4.87. The fourth-order valence-corrected chi connectivity index (χ4v) is 3.52. The zero-order chi connectivity index (χ0) is 13.6. The average molecular weight is 256 g/mol. The molecule has 18 heavy (non-hydrogen) atoms. The lowest BCUT2D eigenvalue weighted by atomic mass is 9.85.